The average Bonchev–Trinajstić information content (AvgIpc) is 2.60. The van der Waals surface area contributed by atoms with Crippen LogP contribution in [0.2, 0.25) is 0 Å². The summed E-state index contributed by atoms with van der Waals surface area (Å²) in [7, 11) is -3.51. The maximum atomic E-state index is 11.6. The molecule has 0 aliphatic carbocycles. The molecule has 0 spiro atoms. The minimum absolute atomic E-state index is 0. The molecule has 94 valence electrons. The Bertz CT molecular complexity index is 407. The highest BCUT2D eigenvalue weighted by Crippen LogP contribution is 2.17. The van der Waals surface area contributed by atoms with Crippen LogP contribution in [0.25, 0.3) is 0 Å². The number of halogens is 2. The molecule has 0 aromatic carbocycles. The summed E-state index contributed by atoms with van der Waals surface area (Å²) in [6, 6.07) is 2.94. The molecule has 5 nitrogen and oxygen atoms in total. The van der Waals surface area contributed by atoms with Crippen LogP contribution in [-0.2, 0) is 10.0 Å². The molecule has 16 heavy (non-hydrogen) atoms. The molecule has 0 unspecified atom stereocenters. The summed E-state index contributed by atoms with van der Waals surface area (Å²) in [5.74, 6) is 0. The Kier molecular flexibility index (Phi) is 7.25. The van der Waals surface area contributed by atoms with Crippen LogP contribution in [0, 0.1) is 0 Å². The monoisotopic (exact) mass is 332 g/mol. The standard InChI is InChI=1S/C8H13BrN2O3S.ClH/c1-2-10-5-6-11-15(12,13)8-4-3-7(9)14-8;/h3-4,10-11H,2,5-6H2,1H3;1H. The van der Waals surface area contributed by atoms with Gasteiger partial charge >= 0.3 is 0 Å². The van der Waals surface area contributed by atoms with Gasteiger partial charge < -0.3 is 9.73 Å². The molecular formula is C8H14BrClN2O3S. The molecule has 0 aliphatic rings. The lowest BCUT2D eigenvalue weighted by molar-refractivity contribution is 0.428. The molecule has 1 heterocycles. The van der Waals surface area contributed by atoms with Crippen LogP contribution in [0.5, 0.6) is 0 Å². The first-order valence-electron chi connectivity index (χ1n) is 4.52. The number of sulfonamides is 1. The summed E-state index contributed by atoms with van der Waals surface area (Å²) in [6.45, 7) is 3.71. The lowest BCUT2D eigenvalue weighted by Gasteiger charge is -2.03. The zero-order valence-corrected chi connectivity index (χ0v) is 11.9. The fourth-order valence-electron chi connectivity index (χ4n) is 0.964. The molecule has 0 radical (unpaired) electrons. The Hall–Kier alpha value is -0.0800. The molecular weight excluding hydrogens is 320 g/mol. The van der Waals surface area contributed by atoms with E-state index in [4.69, 9.17) is 4.42 Å². The van der Waals surface area contributed by atoms with E-state index in [-0.39, 0.29) is 17.5 Å². The van der Waals surface area contributed by atoms with Crippen LogP contribution < -0.4 is 10.0 Å². The minimum Gasteiger partial charge on any atom is -0.437 e. The quantitative estimate of drug-likeness (QED) is 0.771. The zero-order valence-electron chi connectivity index (χ0n) is 8.70. The topological polar surface area (TPSA) is 71.3 Å². The fourth-order valence-corrected chi connectivity index (χ4v) is 2.34. The third-order valence-electron chi connectivity index (χ3n) is 1.66. The molecule has 0 atom stereocenters. The summed E-state index contributed by atoms with van der Waals surface area (Å²) in [4.78, 5) is 0. The lowest BCUT2D eigenvalue weighted by atomic mass is 10.6. The van der Waals surface area contributed by atoms with Crippen molar-refractivity contribution in [1.29, 1.82) is 0 Å². The first-order valence-corrected chi connectivity index (χ1v) is 6.79. The smallest absolute Gasteiger partial charge is 0.274 e. The molecule has 1 aromatic rings. The van der Waals surface area contributed by atoms with E-state index in [2.05, 4.69) is 26.0 Å². The second-order valence-electron chi connectivity index (χ2n) is 2.81. The number of hydrogen-bond donors (Lipinski definition) is 2. The van der Waals surface area contributed by atoms with Gasteiger partial charge in [0.1, 0.15) is 0 Å². The summed E-state index contributed by atoms with van der Waals surface area (Å²) in [5.41, 5.74) is 0. The van der Waals surface area contributed by atoms with Crippen molar-refractivity contribution in [3.8, 4) is 0 Å². The molecule has 1 aromatic heterocycles. The van der Waals surface area contributed by atoms with E-state index in [0.29, 0.717) is 17.8 Å². The van der Waals surface area contributed by atoms with E-state index < -0.39 is 10.0 Å². The first-order chi connectivity index (χ1) is 7.06. The number of furan rings is 1. The third kappa shape index (κ3) is 4.84. The highest BCUT2D eigenvalue weighted by atomic mass is 79.9. The van der Waals surface area contributed by atoms with Gasteiger partial charge in [-0.1, -0.05) is 6.92 Å². The van der Waals surface area contributed by atoms with Gasteiger partial charge in [-0.15, -0.1) is 12.4 Å². The van der Waals surface area contributed by atoms with Gasteiger partial charge in [-0.3, -0.25) is 0 Å². The Morgan fingerprint density at radius 3 is 2.56 bits per heavy atom. The van der Waals surface area contributed by atoms with Gasteiger partial charge in [0.25, 0.3) is 10.0 Å². The minimum atomic E-state index is -3.51. The van der Waals surface area contributed by atoms with Crippen molar-refractivity contribution in [2.45, 2.75) is 12.0 Å². The normalized spacial score (nSPS) is 11.1. The summed E-state index contributed by atoms with van der Waals surface area (Å²) in [6.07, 6.45) is 0. The van der Waals surface area contributed by atoms with Gasteiger partial charge in [-0.05, 0) is 34.6 Å². The number of hydrogen-bond acceptors (Lipinski definition) is 4. The molecule has 0 saturated carbocycles. The van der Waals surface area contributed by atoms with Crippen molar-refractivity contribution in [3.05, 3.63) is 16.8 Å². The lowest BCUT2D eigenvalue weighted by Crippen LogP contribution is -2.31. The second kappa shape index (κ2) is 7.29. The molecule has 0 amide bonds. The SMILES string of the molecule is CCNCCNS(=O)(=O)c1ccc(Br)o1.Cl. The van der Waals surface area contributed by atoms with E-state index in [9.17, 15) is 8.42 Å². The molecule has 0 bridgehead atoms. The summed E-state index contributed by atoms with van der Waals surface area (Å²) >= 11 is 3.05. The molecule has 0 saturated heterocycles. The Morgan fingerprint density at radius 2 is 2.06 bits per heavy atom. The maximum Gasteiger partial charge on any atom is 0.274 e. The fraction of sp³-hybridized carbons (Fsp3) is 0.500. The van der Waals surface area contributed by atoms with Crippen molar-refractivity contribution in [1.82, 2.24) is 10.0 Å². The molecule has 0 aliphatic heterocycles. The predicted octanol–water partition coefficient (Wildman–Crippen LogP) is 1.35. The molecule has 1 rings (SSSR count). The van der Waals surface area contributed by atoms with Crippen molar-refractivity contribution in [3.63, 3.8) is 0 Å². The number of nitrogens with one attached hydrogen (secondary N) is 2. The van der Waals surface area contributed by atoms with Crippen molar-refractivity contribution >= 4 is 38.4 Å². The van der Waals surface area contributed by atoms with E-state index in [1.165, 1.54) is 6.07 Å². The Balaban J connectivity index is 0.00000225. The highest BCUT2D eigenvalue weighted by molar-refractivity contribution is 9.10. The number of rotatable bonds is 6. The Morgan fingerprint density at radius 1 is 1.38 bits per heavy atom. The van der Waals surface area contributed by atoms with Gasteiger partial charge in [0.2, 0.25) is 5.09 Å². The Labute approximate surface area is 110 Å². The highest BCUT2D eigenvalue weighted by Gasteiger charge is 2.17. The molecule has 0 fully saturated rings. The van der Waals surface area contributed by atoms with Crippen LogP contribution in [0.3, 0.4) is 0 Å². The first kappa shape index (κ1) is 15.9. The van der Waals surface area contributed by atoms with Crippen LogP contribution >= 0.6 is 28.3 Å². The van der Waals surface area contributed by atoms with E-state index in [1.54, 1.807) is 6.07 Å². The van der Waals surface area contributed by atoms with Gasteiger partial charge in [0.05, 0.1) is 0 Å². The van der Waals surface area contributed by atoms with Crippen LogP contribution in [-0.4, -0.2) is 28.1 Å². The van der Waals surface area contributed by atoms with Gasteiger partial charge in [-0.25, -0.2) is 13.1 Å². The van der Waals surface area contributed by atoms with Crippen molar-refractivity contribution < 1.29 is 12.8 Å². The number of likely N-dealkylation sites (N-methyl/N-ethyl adjacent to an activating group) is 1. The van der Waals surface area contributed by atoms with Gasteiger partial charge in [-0.2, -0.15) is 0 Å². The van der Waals surface area contributed by atoms with E-state index in [1.807, 2.05) is 6.92 Å². The second-order valence-corrected chi connectivity index (χ2v) is 5.29. The van der Waals surface area contributed by atoms with E-state index in [0.717, 1.165) is 6.54 Å². The molecule has 8 heteroatoms. The van der Waals surface area contributed by atoms with E-state index >= 15 is 0 Å². The van der Waals surface area contributed by atoms with Crippen molar-refractivity contribution in [2.24, 2.45) is 0 Å². The van der Waals surface area contributed by atoms with Crippen LogP contribution in [0.4, 0.5) is 0 Å². The predicted molar refractivity (Wildman–Crippen MR) is 67.4 cm³/mol. The zero-order chi connectivity index (χ0) is 11.3. The van der Waals surface area contributed by atoms with Crippen LogP contribution in [0.1, 0.15) is 6.92 Å². The summed E-state index contributed by atoms with van der Waals surface area (Å²) < 4.78 is 30.9. The third-order valence-corrected chi connectivity index (χ3v) is 3.42. The van der Waals surface area contributed by atoms with Gasteiger partial charge in [0, 0.05) is 13.1 Å². The van der Waals surface area contributed by atoms with Crippen LogP contribution in [0.15, 0.2) is 26.3 Å². The maximum absolute atomic E-state index is 11.6. The molecule has 2 N–H and O–H groups in total. The summed E-state index contributed by atoms with van der Waals surface area (Å²) in [5, 5.41) is 2.93. The van der Waals surface area contributed by atoms with Gasteiger partial charge in [0.15, 0.2) is 4.67 Å². The average molecular weight is 334 g/mol. The van der Waals surface area contributed by atoms with Crippen molar-refractivity contribution in [2.75, 3.05) is 19.6 Å². The largest absolute Gasteiger partial charge is 0.437 e.